The van der Waals surface area contributed by atoms with Crippen molar-refractivity contribution in [3.05, 3.63) is 65.2 Å². The van der Waals surface area contributed by atoms with Crippen LogP contribution in [0.2, 0.25) is 5.02 Å². The van der Waals surface area contributed by atoms with Crippen LogP contribution < -0.4 is 5.32 Å². The largest absolute Gasteiger partial charge is 0.444 e. The second-order valence-electron chi connectivity index (χ2n) is 3.69. The number of hydrogen-bond acceptors (Lipinski definition) is 2. The number of hydrogen-bond donors (Lipinski definition) is 1. The van der Waals surface area contributed by atoms with E-state index in [2.05, 4.69) is 5.32 Å². The van der Waals surface area contributed by atoms with E-state index in [-0.39, 0.29) is 6.61 Å². The van der Waals surface area contributed by atoms with Crippen LogP contribution in [0.4, 0.5) is 10.5 Å². The fourth-order valence-electron chi connectivity index (χ4n) is 1.40. The first-order chi connectivity index (χ1) is 8.74. The quantitative estimate of drug-likeness (QED) is 0.904. The van der Waals surface area contributed by atoms with Gasteiger partial charge in [0.1, 0.15) is 6.61 Å². The monoisotopic (exact) mass is 261 g/mol. The summed E-state index contributed by atoms with van der Waals surface area (Å²) < 4.78 is 5.08. The van der Waals surface area contributed by atoms with Gasteiger partial charge in [0.2, 0.25) is 0 Å². The second kappa shape index (κ2) is 6.07. The molecule has 3 nitrogen and oxygen atoms in total. The summed E-state index contributed by atoms with van der Waals surface area (Å²) in [7, 11) is 0. The minimum absolute atomic E-state index is 0.218. The molecular weight excluding hydrogens is 250 g/mol. The van der Waals surface area contributed by atoms with Crippen LogP contribution in [0.1, 0.15) is 5.56 Å². The molecule has 1 amide bonds. The van der Waals surface area contributed by atoms with Crippen LogP contribution in [0, 0.1) is 0 Å². The number of para-hydroxylation sites is 1. The Hall–Kier alpha value is -2.00. The highest BCUT2D eigenvalue weighted by atomic mass is 35.5. The summed E-state index contributed by atoms with van der Waals surface area (Å²) in [5, 5.41) is 3.30. The van der Waals surface area contributed by atoms with E-state index in [0.717, 1.165) is 5.56 Å². The average molecular weight is 262 g/mol. The highest BCUT2D eigenvalue weighted by Gasteiger charge is 2.03. The van der Waals surface area contributed by atoms with E-state index in [1.807, 2.05) is 30.3 Å². The standard InChI is InChI=1S/C14H12ClNO2/c15-12-8-6-11(7-9-12)10-18-14(17)16-13-4-2-1-3-5-13/h1-9H,10H2,(H,16,17). The van der Waals surface area contributed by atoms with Crippen LogP contribution in [0.15, 0.2) is 54.6 Å². The third-order valence-corrected chi connectivity index (χ3v) is 2.56. The maximum absolute atomic E-state index is 11.5. The Morgan fingerprint density at radius 2 is 1.72 bits per heavy atom. The highest BCUT2D eigenvalue weighted by molar-refractivity contribution is 6.30. The number of nitrogens with one attached hydrogen (secondary N) is 1. The number of ether oxygens (including phenoxy) is 1. The van der Waals surface area contributed by atoms with Gasteiger partial charge in [-0.2, -0.15) is 0 Å². The smallest absolute Gasteiger partial charge is 0.411 e. The first-order valence-corrected chi connectivity index (χ1v) is 5.85. The maximum atomic E-state index is 11.5. The van der Waals surface area contributed by atoms with Crippen molar-refractivity contribution in [2.45, 2.75) is 6.61 Å². The van der Waals surface area contributed by atoms with Crippen molar-refractivity contribution in [2.24, 2.45) is 0 Å². The SMILES string of the molecule is O=C(Nc1ccccc1)OCc1ccc(Cl)cc1. The highest BCUT2D eigenvalue weighted by Crippen LogP contribution is 2.11. The van der Waals surface area contributed by atoms with E-state index in [1.165, 1.54) is 0 Å². The summed E-state index contributed by atoms with van der Waals surface area (Å²) in [4.78, 5) is 11.5. The minimum atomic E-state index is -0.476. The number of anilines is 1. The van der Waals surface area contributed by atoms with E-state index in [0.29, 0.717) is 10.7 Å². The fraction of sp³-hybridized carbons (Fsp3) is 0.0714. The third-order valence-electron chi connectivity index (χ3n) is 2.30. The molecular formula is C14H12ClNO2. The molecule has 0 radical (unpaired) electrons. The molecule has 2 aromatic rings. The topological polar surface area (TPSA) is 38.3 Å². The van der Waals surface area contributed by atoms with Crippen LogP contribution in [-0.2, 0) is 11.3 Å². The molecule has 0 saturated carbocycles. The molecule has 0 unspecified atom stereocenters. The summed E-state index contributed by atoms with van der Waals surface area (Å²) in [6, 6.07) is 16.3. The van der Waals surface area contributed by atoms with Crippen molar-refractivity contribution in [3.63, 3.8) is 0 Å². The normalized spacial score (nSPS) is 9.83. The molecule has 92 valence electrons. The van der Waals surface area contributed by atoms with Gasteiger partial charge in [0.05, 0.1) is 0 Å². The maximum Gasteiger partial charge on any atom is 0.411 e. The Bertz CT molecular complexity index is 511. The molecule has 0 fully saturated rings. The lowest BCUT2D eigenvalue weighted by molar-refractivity contribution is 0.155. The van der Waals surface area contributed by atoms with Gasteiger partial charge in [0.15, 0.2) is 0 Å². The Morgan fingerprint density at radius 1 is 1.06 bits per heavy atom. The fourth-order valence-corrected chi connectivity index (χ4v) is 1.53. The number of benzene rings is 2. The van der Waals surface area contributed by atoms with Crippen LogP contribution >= 0.6 is 11.6 Å². The Labute approximate surface area is 110 Å². The summed E-state index contributed by atoms with van der Waals surface area (Å²) in [5.74, 6) is 0. The molecule has 2 rings (SSSR count). The van der Waals surface area contributed by atoms with Gasteiger partial charge in [-0.25, -0.2) is 4.79 Å². The molecule has 0 heterocycles. The number of carbonyl (C=O) groups excluding carboxylic acids is 1. The van der Waals surface area contributed by atoms with Crippen molar-refractivity contribution in [1.29, 1.82) is 0 Å². The molecule has 0 atom stereocenters. The lowest BCUT2D eigenvalue weighted by Crippen LogP contribution is -2.13. The van der Waals surface area contributed by atoms with Gasteiger partial charge < -0.3 is 4.74 Å². The summed E-state index contributed by atoms with van der Waals surface area (Å²) in [5.41, 5.74) is 1.60. The molecule has 0 aliphatic heterocycles. The zero-order chi connectivity index (χ0) is 12.8. The number of halogens is 1. The van der Waals surface area contributed by atoms with Gasteiger partial charge in [-0.05, 0) is 29.8 Å². The van der Waals surface area contributed by atoms with Crippen molar-refractivity contribution >= 4 is 23.4 Å². The Kier molecular flexibility index (Phi) is 4.20. The van der Waals surface area contributed by atoms with Gasteiger partial charge in [-0.1, -0.05) is 41.9 Å². The molecule has 1 N–H and O–H groups in total. The molecule has 0 spiro atoms. The van der Waals surface area contributed by atoms with Gasteiger partial charge in [-0.3, -0.25) is 5.32 Å². The number of rotatable bonds is 3. The van der Waals surface area contributed by atoms with E-state index in [9.17, 15) is 4.79 Å². The molecule has 4 heteroatoms. The number of amides is 1. The number of carbonyl (C=O) groups is 1. The first-order valence-electron chi connectivity index (χ1n) is 5.47. The van der Waals surface area contributed by atoms with Crippen LogP contribution in [0.3, 0.4) is 0 Å². The molecule has 2 aromatic carbocycles. The molecule has 0 bridgehead atoms. The minimum Gasteiger partial charge on any atom is -0.444 e. The first kappa shape index (κ1) is 12.5. The van der Waals surface area contributed by atoms with Crippen LogP contribution in [-0.4, -0.2) is 6.09 Å². The molecule has 18 heavy (non-hydrogen) atoms. The van der Waals surface area contributed by atoms with Gasteiger partial charge in [0.25, 0.3) is 0 Å². The van der Waals surface area contributed by atoms with E-state index in [1.54, 1.807) is 24.3 Å². The Morgan fingerprint density at radius 3 is 2.39 bits per heavy atom. The summed E-state index contributed by atoms with van der Waals surface area (Å²) in [6.07, 6.45) is -0.476. The third kappa shape index (κ3) is 3.79. The van der Waals surface area contributed by atoms with Gasteiger partial charge in [0, 0.05) is 10.7 Å². The zero-order valence-electron chi connectivity index (χ0n) is 9.60. The Balaban J connectivity index is 1.83. The van der Waals surface area contributed by atoms with E-state index < -0.39 is 6.09 Å². The van der Waals surface area contributed by atoms with Crippen molar-refractivity contribution in [1.82, 2.24) is 0 Å². The van der Waals surface area contributed by atoms with E-state index in [4.69, 9.17) is 16.3 Å². The van der Waals surface area contributed by atoms with Gasteiger partial charge in [-0.15, -0.1) is 0 Å². The predicted molar refractivity (Wildman–Crippen MR) is 71.7 cm³/mol. The average Bonchev–Trinajstić information content (AvgIpc) is 2.39. The lowest BCUT2D eigenvalue weighted by Gasteiger charge is -2.06. The van der Waals surface area contributed by atoms with Gasteiger partial charge >= 0.3 is 6.09 Å². The molecule has 0 aliphatic rings. The van der Waals surface area contributed by atoms with Crippen molar-refractivity contribution in [3.8, 4) is 0 Å². The van der Waals surface area contributed by atoms with Crippen molar-refractivity contribution < 1.29 is 9.53 Å². The lowest BCUT2D eigenvalue weighted by atomic mass is 10.2. The predicted octanol–water partition coefficient (Wildman–Crippen LogP) is 4.09. The van der Waals surface area contributed by atoms with Crippen molar-refractivity contribution in [2.75, 3.05) is 5.32 Å². The van der Waals surface area contributed by atoms with Crippen LogP contribution in [0.5, 0.6) is 0 Å². The zero-order valence-corrected chi connectivity index (χ0v) is 10.4. The molecule has 0 aromatic heterocycles. The molecule has 0 aliphatic carbocycles. The van der Waals surface area contributed by atoms with Crippen LogP contribution in [0.25, 0.3) is 0 Å². The second-order valence-corrected chi connectivity index (χ2v) is 4.13. The summed E-state index contributed by atoms with van der Waals surface area (Å²) in [6.45, 7) is 0.218. The van der Waals surface area contributed by atoms with E-state index >= 15 is 0 Å². The molecule has 0 saturated heterocycles. The summed E-state index contributed by atoms with van der Waals surface area (Å²) >= 11 is 5.76.